The maximum Gasteiger partial charge on any atom is 0.586 e. The number of rotatable bonds is 3. The van der Waals surface area contributed by atoms with Gasteiger partial charge < -0.3 is 19.9 Å². The van der Waals surface area contributed by atoms with Gasteiger partial charge in [0.25, 0.3) is 0 Å². The first-order valence-corrected chi connectivity index (χ1v) is 6.55. The van der Waals surface area contributed by atoms with E-state index in [-0.39, 0.29) is 36.6 Å². The lowest BCUT2D eigenvalue weighted by molar-refractivity contribution is -0.287. The van der Waals surface area contributed by atoms with Gasteiger partial charge in [-0.15, -0.1) is 21.2 Å². The van der Waals surface area contributed by atoms with Crippen molar-refractivity contribution in [3.63, 3.8) is 0 Å². The minimum Gasteiger partial charge on any atom is -0.395 e. The van der Waals surface area contributed by atoms with E-state index in [0.717, 1.165) is 26.2 Å². The Labute approximate surface area is 127 Å². The number of hydrogen-bond donors (Lipinski definition) is 2. The normalized spacial score (nSPS) is 21.7. The van der Waals surface area contributed by atoms with E-state index >= 15 is 0 Å². The second kappa shape index (κ2) is 6.31. The molecule has 118 valence electrons. The van der Waals surface area contributed by atoms with Crippen LogP contribution in [0.25, 0.3) is 0 Å². The number of aliphatic hydroxyl groups is 1. The molecule has 2 heterocycles. The number of ether oxygens (including phenoxy) is 2. The van der Waals surface area contributed by atoms with Crippen LogP contribution in [0, 0.1) is 0 Å². The molecule has 1 fully saturated rings. The molecule has 1 atom stereocenters. The Morgan fingerprint density at radius 1 is 1.29 bits per heavy atom. The molecular formula is C13H17ClF2N2O3. The van der Waals surface area contributed by atoms with Crippen LogP contribution in [0.4, 0.5) is 8.78 Å². The summed E-state index contributed by atoms with van der Waals surface area (Å²) in [7, 11) is 0. The molecule has 0 radical (unpaired) electrons. The quantitative estimate of drug-likeness (QED) is 0.880. The van der Waals surface area contributed by atoms with E-state index in [4.69, 9.17) is 0 Å². The molecule has 3 rings (SSSR count). The van der Waals surface area contributed by atoms with Gasteiger partial charge in [-0.2, -0.15) is 0 Å². The maximum absolute atomic E-state index is 13.2. The number of aliphatic hydroxyl groups excluding tert-OH is 1. The molecule has 0 amide bonds. The standard InChI is InChI=1S/C13H16F2N2O3.ClH/c14-13(15)19-11-3-1-2-9(12(11)20-13)10(8-18)17-6-4-16-5-7-17;/h1-3,10,16,18H,4-8H2;1H/t10-;/m0./s1. The summed E-state index contributed by atoms with van der Waals surface area (Å²) < 4.78 is 35.4. The van der Waals surface area contributed by atoms with Crippen LogP contribution in [0.3, 0.4) is 0 Å². The molecule has 1 saturated heterocycles. The predicted molar refractivity (Wildman–Crippen MR) is 74.2 cm³/mol. The number of fused-ring (bicyclic) bond motifs is 1. The van der Waals surface area contributed by atoms with Gasteiger partial charge in [0.05, 0.1) is 12.6 Å². The third-order valence-corrected chi connectivity index (χ3v) is 3.58. The summed E-state index contributed by atoms with van der Waals surface area (Å²) in [6.45, 7) is 2.93. The first-order valence-electron chi connectivity index (χ1n) is 6.55. The number of para-hydroxylation sites is 1. The number of hydrogen-bond acceptors (Lipinski definition) is 5. The summed E-state index contributed by atoms with van der Waals surface area (Å²) in [5.74, 6) is 0.0381. The molecule has 5 nitrogen and oxygen atoms in total. The summed E-state index contributed by atoms with van der Waals surface area (Å²) in [6, 6.07) is 4.38. The molecule has 1 aromatic rings. The zero-order chi connectivity index (χ0) is 14.2. The van der Waals surface area contributed by atoms with E-state index in [1.807, 2.05) is 4.90 Å². The lowest BCUT2D eigenvalue weighted by atomic mass is 10.0. The molecule has 0 unspecified atom stereocenters. The largest absolute Gasteiger partial charge is 0.586 e. The van der Waals surface area contributed by atoms with Crippen molar-refractivity contribution >= 4 is 12.4 Å². The van der Waals surface area contributed by atoms with Gasteiger partial charge in [0.15, 0.2) is 11.5 Å². The minimum absolute atomic E-state index is 0. The molecule has 0 aromatic heterocycles. The van der Waals surface area contributed by atoms with Gasteiger partial charge in [0.2, 0.25) is 0 Å². The number of nitrogens with zero attached hydrogens (tertiary/aromatic N) is 1. The van der Waals surface area contributed by atoms with Gasteiger partial charge in [-0.05, 0) is 6.07 Å². The molecule has 0 bridgehead atoms. The number of piperazine rings is 1. The van der Waals surface area contributed by atoms with E-state index in [2.05, 4.69) is 14.8 Å². The summed E-state index contributed by atoms with van der Waals surface area (Å²) in [4.78, 5) is 2.05. The fourth-order valence-corrected chi connectivity index (χ4v) is 2.66. The van der Waals surface area contributed by atoms with Crippen LogP contribution in [0.15, 0.2) is 18.2 Å². The van der Waals surface area contributed by atoms with Crippen LogP contribution in [0.1, 0.15) is 11.6 Å². The Morgan fingerprint density at radius 2 is 2.00 bits per heavy atom. The second-order valence-electron chi connectivity index (χ2n) is 4.83. The number of nitrogens with one attached hydrogen (secondary N) is 1. The highest BCUT2D eigenvalue weighted by Crippen LogP contribution is 2.45. The Kier molecular flexibility index (Phi) is 4.88. The van der Waals surface area contributed by atoms with Gasteiger partial charge >= 0.3 is 6.29 Å². The summed E-state index contributed by atoms with van der Waals surface area (Å²) in [5, 5.41) is 12.9. The highest BCUT2D eigenvalue weighted by atomic mass is 35.5. The Morgan fingerprint density at radius 3 is 2.67 bits per heavy atom. The van der Waals surface area contributed by atoms with Gasteiger partial charge in [-0.3, -0.25) is 4.90 Å². The van der Waals surface area contributed by atoms with Crippen molar-refractivity contribution in [1.82, 2.24) is 10.2 Å². The monoisotopic (exact) mass is 322 g/mol. The SMILES string of the molecule is Cl.OC[C@@H](c1cccc2c1OC(F)(F)O2)N1CCNCC1. The second-order valence-corrected chi connectivity index (χ2v) is 4.83. The van der Waals surface area contributed by atoms with E-state index in [1.165, 1.54) is 6.07 Å². The molecular weight excluding hydrogens is 306 g/mol. The fourth-order valence-electron chi connectivity index (χ4n) is 2.66. The van der Waals surface area contributed by atoms with Gasteiger partial charge in [0.1, 0.15) is 0 Å². The van der Waals surface area contributed by atoms with Crippen molar-refractivity contribution in [1.29, 1.82) is 0 Å². The van der Waals surface area contributed by atoms with Crippen molar-refractivity contribution < 1.29 is 23.4 Å². The van der Waals surface area contributed by atoms with Crippen molar-refractivity contribution in [2.24, 2.45) is 0 Å². The predicted octanol–water partition coefficient (Wildman–Crippen LogP) is 1.37. The molecule has 1 aromatic carbocycles. The van der Waals surface area contributed by atoms with E-state index in [0.29, 0.717) is 5.56 Å². The Hall–Kier alpha value is -1.15. The third-order valence-electron chi connectivity index (χ3n) is 3.58. The fraction of sp³-hybridized carbons (Fsp3) is 0.538. The highest BCUT2D eigenvalue weighted by Gasteiger charge is 2.45. The number of halogens is 3. The van der Waals surface area contributed by atoms with Crippen molar-refractivity contribution in [2.75, 3.05) is 32.8 Å². The molecule has 0 spiro atoms. The van der Waals surface area contributed by atoms with Crippen molar-refractivity contribution in [3.8, 4) is 11.5 Å². The average Bonchev–Trinajstić information content (AvgIpc) is 2.75. The molecule has 21 heavy (non-hydrogen) atoms. The molecule has 2 N–H and O–H groups in total. The van der Waals surface area contributed by atoms with E-state index in [1.54, 1.807) is 12.1 Å². The Balaban J connectivity index is 0.00000161. The first-order chi connectivity index (χ1) is 9.61. The number of benzene rings is 1. The van der Waals surface area contributed by atoms with Crippen LogP contribution >= 0.6 is 12.4 Å². The molecule has 8 heteroatoms. The molecule has 2 aliphatic heterocycles. The smallest absolute Gasteiger partial charge is 0.395 e. The third kappa shape index (κ3) is 3.21. The zero-order valence-corrected chi connectivity index (χ0v) is 12.0. The zero-order valence-electron chi connectivity index (χ0n) is 11.2. The van der Waals surface area contributed by atoms with Crippen LogP contribution < -0.4 is 14.8 Å². The topological polar surface area (TPSA) is 54.0 Å². The van der Waals surface area contributed by atoms with Crippen LogP contribution in [-0.2, 0) is 0 Å². The average molecular weight is 323 g/mol. The van der Waals surface area contributed by atoms with Crippen LogP contribution in [0.2, 0.25) is 0 Å². The van der Waals surface area contributed by atoms with Gasteiger partial charge in [-0.1, -0.05) is 12.1 Å². The van der Waals surface area contributed by atoms with Crippen molar-refractivity contribution in [2.45, 2.75) is 12.3 Å². The highest BCUT2D eigenvalue weighted by molar-refractivity contribution is 5.85. The minimum atomic E-state index is -3.64. The molecule has 0 aliphatic carbocycles. The summed E-state index contributed by atoms with van der Waals surface area (Å²) in [5.41, 5.74) is 0.532. The molecule has 2 aliphatic rings. The van der Waals surface area contributed by atoms with Crippen LogP contribution in [-0.4, -0.2) is 49.1 Å². The van der Waals surface area contributed by atoms with Crippen molar-refractivity contribution in [3.05, 3.63) is 23.8 Å². The summed E-state index contributed by atoms with van der Waals surface area (Å²) in [6.07, 6.45) is -3.64. The van der Waals surface area contributed by atoms with Gasteiger partial charge in [0, 0.05) is 31.7 Å². The lowest BCUT2D eigenvalue weighted by Crippen LogP contribution is -2.46. The lowest BCUT2D eigenvalue weighted by Gasteiger charge is -2.34. The Bertz CT molecular complexity index is 498. The first kappa shape index (κ1) is 16.2. The van der Waals surface area contributed by atoms with E-state index in [9.17, 15) is 13.9 Å². The van der Waals surface area contributed by atoms with E-state index < -0.39 is 6.29 Å². The van der Waals surface area contributed by atoms with Gasteiger partial charge in [-0.25, -0.2) is 0 Å². The van der Waals surface area contributed by atoms with Crippen LogP contribution in [0.5, 0.6) is 11.5 Å². The maximum atomic E-state index is 13.2. The molecule has 0 saturated carbocycles. The number of alkyl halides is 2. The summed E-state index contributed by atoms with van der Waals surface area (Å²) >= 11 is 0.